The Morgan fingerprint density at radius 1 is 1.44 bits per heavy atom. The van der Waals surface area contributed by atoms with Crippen molar-refractivity contribution >= 4 is 0 Å². The number of benzene rings is 1. The molecular weight excluding hydrogens is 198 g/mol. The summed E-state index contributed by atoms with van der Waals surface area (Å²) in [7, 11) is 0. The van der Waals surface area contributed by atoms with E-state index in [1.807, 2.05) is 6.07 Å². The molecule has 0 aromatic heterocycles. The zero-order valence-corrected chi connectivity index (χ0v) is 10.2. The van der Waals surface area contributed by atoms with Crippen LogP contribution in [0.25, 0.3) is 0 Å². The van der Waals surface area contributed by atoms with E-state index >= 15 is 0 Å². The van der Waals surface area contributed by atoms with Gasteiger partial charge in [-0.1, -0.05) is 31.5 Å². The molecule has 2 heteroatoms. The summed E-state index contributed by atoms with van der Waals surface area (Å²) in [6, 6.07) is 8.93. The minimum absolute atomic E-state index is 0.316. The van der Waals surface area contributed by atoms with Crippen LogP contribution in [0, 0.1) is 0 Å². The SMILES string of the molecule is CCCC(C)NCC1Cc2ccccc2O1. The van der Waals surface area contributed by atoms with Crippen molar-refractivity contribution in [3.05, 3.63) is 29.8 Å². The third-order valence-electron chi connectivity index (χ3n) is 3.13. The quantitative estimate of drug-likeness (QED) is 0.822. The summed E-state index contributed by atoms with van der Waals surface area (Å²) in [5, 5.41) is 3.54. The molecule has 1 N–H and O–H groups in total. The molecule has 0 radical (unpaired) electrons. The minimum Gasteiger partial charge on any atom is -0.488 e. The Hall–Kier alpha value is -1.02. The highest BCUT2D eigenvalue weighted by molar-refractivity contribution is 5.37. The van der Waals surface area contributed by atoms with Crippen LogP contribution in [-0.2, 0) is 6.42 Å². The van der Waals surface area contributed by atoms with Crippen molar-refractivity contribution in [3.63, 3.8) is 0 Å². The van der Waals surface area contributed by atoms with Crippen molar-refractivity contribution in [1.29, 1.82) is 0 Å². The van der Waals surface area contributed by atoms with Crippen LogP contribution in [-0.4, -0.2) is 18.7 Å². The van der Waals surface area contributed by atoms with Crippen molar-refractivity contribution in [2.75, 3.05) is 6.54 Å². The van der Waals surface area contributed by atoms with Gasteiger partial charge in [0.2, 0.25) is 0 Å². The number of nitrogens with one attached hydrogen (secondary N) is 1. The number of hydrogen-bond donors (Lipinski definition) is 1. The van der Waals surface area contributed by atoms with Crippen molar-refractivity contribution in [1.82, 2.24) is 5.32 Å². The van der Waals surface area contributed by atoms with Gasteiger partial charge in [-0.25, -0.2) is 0 Å². The lowest BCUT2D eigenvalue weighted by atomic mass is 10.1. The Labute approximate surface area is 98.0 Å². The maximum absolute atomic E-state index is 5.87. The summed E-state index contributed by atoms with van der Waals surface area (Å²) < 4.78 is 5.87. The second-order valence-electron chi connectivity index (χ2n) is 4.65. The summed E-state index contributed by atoms with van der Waals surface area (Å²) in [5.41, 5.74) is 1.34. The zero-order valence-electron chi connectivity index (χ0n) is 10.2. The van der Waals surface area contributed by atoms with Gasteiger partial charge in [-0.05, 0) is 25.0 Å². The number of rotatable bonds is 5. The molecule has 2 atom stereocenters. The fraction of sp³-hybridized carbons (Fsp3) is 0.571. The van der Waals surface area contributed by atoms with Crippen molar-refractivity contribution < 1.29 is 4.74 Å². The van der Waals surface area contributed by atoms with Crippen molar-refractivity contribution in [2.45, 2.75) is 45.3 Å². The van der Waals surface area contributed by atoms with E-state index in [-0.39, 0.29) is 0 Å². The Bertz CT molecular complexity index is 312. The van der Waals surface area contributed by atoms with Gasteiger partial charge in [0.1, 0.15) is 11.9 Å². The molecule has 0 saturated carbocycles. The molecule has 0 bridgehead atoms. The standard InChI is InChI=1S/C14H21NO/c1-3-6-11(2)15-10-13-9-12-7-4-5-8-14(12)16-13/h4-5,7-8,11,13,15H,3,6,9-10H2,1-2H3. The second-order valence-corrected chi connectivity index (χ2v) is 4.65. The Morgan fingerprint density at radius 2 is 2.25 bits per heavy atom. The summed E-state index contributed by atoms with van der Waals surface area (Å²) in [5.74, 6) is 1.07. The van der Waals surface area contributed by atoms with E-state index in [1.54, 1.807) is 0 Å². The fourth-order valence-corrected chi connectivity index (χ4v) is 2.24. The monoisotopic (exact) mass is 219 g/mol. The summed E-state index contributed by atoms with van der Waals surface area (Å²) in [6.07, 6.45) is 3.83. The van der Waals surface area contributed by atoms with Gasteiger partial charge in [0, 0.05) is 19.0 Å². The van der Waals surface area contributed by atoms with Gasteiger partial charge in [0.05, 0.1) is 0 Å². The van der Waals surface area contributed by atoms with Gasteiger partial charge < -0.3 is 10.1 Å². The predicted octanol–water partition coefficient (Wildman–Crippen LogP) is 2.77. The Kier molecular flexibility index (Phi) is 3.83. The maximum atomic E-state index is 5.87. The molecule has 1 aromatic carbocycles. The predicted molar refractivity (Wildman–Crippen MR) is 66.9 cm³/mol. The highest BCUT2D eigenvalue weighted by Gasteiger charge is 2.22. The maximum Gasteiger partial charge on any atom is 0.123 e. The molecule has 2 nitrogen and oxygen atoms in total. The summed E-state index contributed by atoms with van der Waals surface area (Å²) in [4.78, 5) is 0. The molecule has 1 aromatic rings. The first kappa shape index (κ1) is 11.5. The fourth-order valence-electron chi connectivity index (χ4n) is 2.24. The zero-order chi connectivity index (χ0) is 11.4. The van der Waals surface area contributed by atoms with E-state index in [0.29, 0.717) is 12.1 Å². The Balaban J connectivity index is 1.79. The average Bonchev–Trinajstić information content (AvgIpc) is 2.69. The molecule has 1 heterocycles. The lowest BCUT2D eigenvalue weighted by Gasteiger charge is -2.16. The molecule has 1 aliphatic heterocycles. The van der Waals surface area contributed by atoms with Crippen LogP contribution in [0.15, 0.2) is 24.3 Å². The van der Waals surface area contributed by atoms with Crippen LogP contribution in [0.4, 0.5) is 0 Å². The van der Waals surface area contributed by atoms with Gasteiger partial charge in [-0.2, -0.15) is 0 Å². The third-order valence-corrected chi connectivity index (χ3v) is 3.13. The molecule has 0 saturated heterocycles. The molecule has 2 unspecified atom stereocenters. The van der Waals surface area contributed by atoms with Crippen LogP contribution < -0.4 is 10.1 Å². The third kappa shape index (κ3) is 2.76. The number of hydrogen-bond acceptors (Lipinski definition) is 2. The first-order valence-corrected chi connectivity index (χ1v) is 6.27. The molecule has 0 fully saturated rings. The van der Waals surface area contributed by atoms with Gasteiger partial charge in [-0.15, -0.1) is 0 Å². The highest BCUT2D eigenvalue weighted by Crippen LogP contribution is 2.27. The average molecular weight is 219 g/mol. The first-order chi connectivity index (χ1) is 7.79. The number of fused-ring (bicyclic) bond motifs is 1. The minimum atomic E-state index is 0.316. The molecule has 0 amide bonds. The van der Waals surface area contributed by atoms with Crippen molar-refractivity contribution in [2.24, 2.45) is 0 Å². The van der Waals surface area contributed by atoms with E-state index in [4.69, 9.17) is 4.74 Å². The lowest BCUT2D eigenvalue weighted by molar-refractivity contribution is 0.221. The van der Waals surface area contributed by atoms with Crippen LogP contribution in [0.1, 0.15) is 32.3 Å². The van der Waals surface area contributed by atoms with Crippen LogP contribution in [0.3, 0.4) is 0 Å². The molecular formula is C14H21NO. The second kappa shape index (κ2) is 5.35. The van der Waals surface area contributed by atoms with E-state index in [2.05, 4.69) is 37.4 Å². The molecule has 1 aliphatic rings. The van der Waals surface area contributed by atoms with E-state index in [1.165, 1.54) is 18.4 Å². The van der Waals surface area contributed by atoms with Gasteiger partial charge in [0.15, 0.2) is 0 Å². The molecule has 2 rings (SSSR count). The topological polar surface area (TPSA) is 21.3 Å². The summed E-state index contributed by atoms with van der Waals surface area (Å²) in [6.45, 7) is 5.42. The Morgan fingerprint density at radius 3 is 3.00 bits per heavy atom. The lowest BCUT2D eigenvalue weighted by Crippen LogP contribution is -2.35. The van der Waals surface area contributed by atoms with E-state index < -0.39 is 0 Å². The molecule has 0 aliphatic carbocycles. The van der Waals surface area contributed by atoms with Crippen molar-refractivity contribution in [3.8, 4) is 5.75 Å². The van der Waals surface area contributed by atoms with E-state index in [9.17, 15) is 0 Å². The smallest absolute Gasteiger partial charge is 0.123 e. The normalized spacial score (nSPS) is 20.2. The van der Waals surface area contributed by atoms with Gasteiger partial charge >= 0.3 is 0 Å². The number of para-hydroxylation sites is 1. The largest absolute Gasteiger partial charge is 0.488 e. The van der Waals surface area contributed by atoms with Crippen LogP contribution in [0.5, 0.6) is 5.75 Å². The van der Waals surface area contributed by atoms with Gasteiger partial charge in [0.25, 0.3) is 0 Å². The van der Waals surface area contributed by atoms with Gasteiger partial charge in [-0.3, -0.25) is 0 Å². The highest BCUT2D eigenvalue weighted by atomic mass is 16.5. The van der Waals surface area contributed by atoms with Crippen LogP contribution >= 0.6 is 0 Å². The van der Waals surface area contributed by atoms with E-state index in [0.717, 1.165) is 18.7 Å². The molecule has 16 heavy (non-hydrogen) atoms. The van der Waals surface area contributed by atoms with Crippen LogP contribution in [0.2, 0.25) is 0 Å². The first-order valence-electron chi connectivity index (χ1n) is 6.27. The molecule has 0 spiro atoms. The molecule has 88 valence electrons. The number of ether oxygens (including phenoxy) is 1. The summed E-state index contributed by atoms with van der Waals surface area (Å²) >= 11 is 0.